The van der Waals surface area contributed by atoms with Crippen LogP contribution >= 0.6 is 11.9 Å². The Bertz CT molecular complexity index is 1480. The number of halogens is 5. The predicted octanol–water partition coefficient (Wildman–Crippen LogP) is 5.37. The van der Waals surface area contributed by atoms with Crippen molar-refractivity contribution in [1.29, 1.82) is 0 Å². The van der Waals surface area contributed by atoms with Gasteiger partial charge in [-0.2, -0.15) is 0 Å². The lowest BCUT2D eigenvalue weighted by Gasteiger charge is -2.42. The van der Waals surface area contributed by atoms with E-state index in [-0.39, 0.29) is 6.04 Å². The molecule has 0 radical (unpaired) electrons. The lowest BCUT2D eigenvalue weighted by atomic mass is 10.0. The van der Waals surface area contributed by atoms with Crippen molar-refractivity contribution in [2.45, 2.75) is 23.9 Å². The van der Waals surface area contributed by atoms with Gasteiger partial charge in [0.15, 0.2) is 23.3 Å². The molecule has 0 spiro atoms. The normalized spacial score (nSPS) is 15.7. The van der Waals surface area contributed by atoms with E-state index in [1.165, 1.54) is 17.1 Å². The maximum Gasteiger partial charge on any atom is 0.200 e. The SMILES string of the molecule is Fc1c(F)c(F)c(SNC2CN(c3ncnc4c3CCN(c3cccc5ccccc35)C4)C2)c(F)c1F. The molecular formula is C26H20F5N5S. The zero-order chi connectivity index (χ0) is 25.7. The first kappa shape index (κ1) is 23.9. The second-order valence-corrected chi connectivity index (χ2v) is 9.86. The van der Waals surface area contributed by atoms with E-state index in [9.17, 15) is 22.0 Å². The van der Waals surface area contributed by atoms with Crippen LogP contribution in [0.5, 0.6) is 0 Å². The molecule has 4 aromatic rings. The maximum atomic E-state index is 13.9. The zero-order valence-corrected chi connectivity index (χ0v) is 20.1. The standard InChI is InChI=1S/C26H20F5N5S/c27-20-21(28)23(30)25(24(31)22(20)29)37-34-15-10-36(11-15)26-17-8-9-35(12-18(17)32-13-33-26)19-7-3-5-14-4-1-2-6-16(14)19/h1-7,13,15,34H,8-12H2. The van der Waals surface area contributed by atoms with Gasteiger partial charge in [-0.3, -0.25) is 4.72 Å². The van der Waals surface area contributed by atoms with E-state index in [1.54, 1.807) is 0 Å². The van der Waals surface area contributed by atoms with Crippen molar-refractivity contribution in [2.75, 3.05) is 29.4 Å². The fraction of sp³-hybridized carbons (Fsp3) is 0.231. The average molecular weight is 530 g/mol. The summed E-state index contributed by atoms with van der Waals surface area (Å²) in [5, 5.41) is 2.36. The van der Waals surface area contributed by atoms with Gasteiger partial charge >= 0.3 is 0 Å². The highest BCUT2D eigenvalue weighted by molar-refractivity contribution is 7.97. The Hall–Kier alpha value is -3.44. The van der Waals surface area contributed by atoms with Crippen LogP contribution in [0.25, 0.3) is 10.8 Å². The van der Waals surface area contributed by atoms with Gasteiger partial charge in [0.25, 0.3) is 0 Å². The van der Waals surface area contributed by atoms with E-state index >= 15 is 0 Å². The third-order valence-corrected chi connectivity index (χ3v) is 7.78. The molecule has 3 aromatic carbocycles. The van der Waals surface area contributed by atoms with Crippen molar-refractivity contribution >= 4 is 34.2 Å². The summed E-state index contributed by atoms with van der Waals surface area (Å²) in [7, 11) is 0. The fourth-order valence-electron chi connectivity index (χ4n) is 4.84. The minimum Gasteiger partial charge on any atom is -0.365 e. The first-order valence-electron chi connectivity index (χ1n) is 11.7. The van der Waals surface area contributed by atoms with Crippen molar-refractivity contribution in [3.63, 3.8) is 0 Å². The van der Waals surface area contributed by atoms with Crippen LogP contribution in [-0.2, 0) is 13.0 Å². The van der Waals surface area contributed by atoms with Gasteiger partial charge in [-0.25, -0.2) is 31.9 Å². The van der Waals surface area contributed by atoms with Crippen LogP contribution in [0.4, 0.5) is 33.5 Å². The van der Waals surface area contributed by atoms with Gasteiger partial charge in [0.2, 0.25) is 5.82 Å². The molecule has 190 valence electrons. The van der Waals surface area contributed by atoms with Gasteiger partial charge in [0, 0.05) is 36.3 Å². The average Bonchev–Trinajstić information content (AvgIpc) is 2.91. The van der Waals surface area contributed by atoms with Crippen LogP contribution < -0.4 is 14.5 Å². The van der Waals surface area contributed by atoms with E-state index in [0.29, 0.717) is 31.6 Å². The predicted molar refractivity (Wildman–Crippen MR) is 132 cm³/mol. The number of nitrogens with one attached hydrogen (secondary N) is 1. The Morgan fingerprint density at radius 1 is 0.811 bits per heavy atom. The molecule has 1 N–H and O–H groups in total. The van der Waals surface area contributed by atoms with E-state index in [1.807, 2.05) is 17.0 Å². The summed E-state index contributed by atoms with van der Waals surface area (Å²) in [6, 6.07) is 14.3. The summed E-state index contributed by atoms with van der Waals surface area (Å²) in [6.07, 6.45) is 2.29. The summed E-state index contributed by atoms with van der Waals surface area (Å²) in [5.74, 6) is -8.95. The lowest BCUT2D eigenvalue weighted by molar-refractivity contribution is 0.360. The number of benzene rings is 3. The van der Waals surface area contributed by atoms with Gasteiger partial charge in [-0.05, 0) is 29.8 Å². The summed E-state index contributed by atoms with van der Waals surface area (Å²) in [4.78, 5) is 12.4. The summed E-state index contributed by atoms with van der Waals surface area (Å²) in [6.45, 7) is 2.38. The Labute approximate surface area is 213 Å². The number of hydrogen-bond donors (Lipinski definition) is 1. The van der Waals surface area contributed by atoms with E-state index in [0.717, 1.165) is 35.7 Å². The molecule has 1 fully saturated rings. The monoisotopic (exact) mass is 529 g/mol. The van der Waals surface area contributed by atoms with Crippen LogP contribution in [0, 0.1) is 29.1 Å². The summed E-state index contributed by atoms with van der Waals surface area (Å²) >= 11 is 0.407. The quantitative estimate of drug-likeness (QED) is 0.162. The van der Waals surface area contributed by atoms with Gasteiger partial charge in [-0.15, -0.1) is 0 Å². The van der Waals surface area contributed by atoms with Gasteiger partial charge in [-0.1, -0.05) is 36.4 Å². The molecule has 6 rings (SSSR count). The number of rotatable bonds is 5. The fourth-order valence-corrected chi connectivity index (χ4v) is 5.63. The van der Waals surface area contributed by atoms with Crippen LogP contribution in [0.3, 0.4) is 0 Å². The smallest absolute Gasteiger partial charge is 0.200 e. The highest BCUT2D eigenvalue weighted by Crippen LogP contribution is 2.35. The van der Waals surface area contributed by atoms with Crippen molar-refractivity contribution < 1.29 is 22.0 Å². The third kappa shape index (κ3) is 4.15. The van der Waals surface area contributed by atoms with Crippen LogP contribution in [0.1, 0.15) is 11.3 Å². The summed E-state index contributed by atoms with van der Waals surface area (Å²) < 4.78 is 70.8. The van der Waals surface area contributed by atoms with Crippen molar-refractivity contribution in [3.05, 3.63) is 89.1 Å². The highest BCUT2D eigenvalue weighted by Gasteiger charge is 2.33. The zero-order valence-electron chi connectivity index (χ0n) is 19.3. The lowest BCUT2D eigenvalue weighted by Crippen LogP contribution is -2.57. The van der Waals surface area contributed by atoms with Gasteiger partial charge in [0.05, 0.1) is 18.3 Å². The van der Waals surface area contributed by atoms with Gasteiger partial charge in [0.1, 0.15) is 17.0 Å². The molecule has 0 aliphatic carbocycles. The van der Waals surface area contributed by atoms with Crippen LogP contribution in [0.2, 0.25) is 0 Å². The Morgan fingerprint density at radius 2 is 1.51 bits per heavy atom. The first-order chi connectivity index (χ1) is 17.9. The molecule has 37 heavy (non-hydrogen) atoms. The molecule has 0 atom stereocenters. The molecule has 5 nitrogen and oxygen atoms in total. The molecule has 11 heteroatoms. The second-order valence-electron chi connectivity index (χ2n) is 9.01. The highest BCUT2D eigenvalue weighted by atomic mass is 32.2. The molecule has 0 bridgehead atoms. The molecule has 2 aliphatic heterocycles. The second kappa shape index (κ2) is 9.46. The number of fused-ring (bicyclic) bond motifs is 2. The minimum absolute atomic E-state index is 0.221. The molecule has 3 heterocycles. The van der Waals surface area contributed by atoms with E-state index in [2.05, 4.69) is 49.9 Å². The van der Waals surface area contributed by atoms with Crippen LogP contribution in [-0.4, -0.2) is 35.6 Å². The maximum absolute atomic E-state index is 13.9. The Morgan fingerprint density at radius 3 is 2.30 bits per heavy atom. The molecule has 0 saturated carbocycles. The third-order valence-electron chi connectivity index (χ3n) is 6.77. The molecular weight excluding hydrogens is 509 g/mol. The van der Waals surface area contributed by atoms with E-state index in [4.69, 9.17) is 0 Å². The number of nitrogens with zero attached hydrogens (tertiary/aromatic N) is 4. The van der Waals surface area contributed by atoms with Gasteiger partial charge < -0.3 is 9.80 Å². The molecule has 2 aliphatic rings. The first-order valence-corrected chi connectivity index (χ1v) is 12.5. The topological polar surface area (TPSA) is 44.3 Å². The van der Waals surface area contributed by atoms with Crippen molar-refractivity contribution in [2.24, 2.45) is 0 Å². The van der Waals surface area contributed by atoms with Crippen molar-refractivity contribution in [3.8, 4) is 0 Å². The molecule has 0 unspecified atom stereocenters. The van der Waals surface area contributed by atoms with Crippen LogP contribution in [0.15, 0.2) is 53.7 Å². The molecule has 0 amide bonds. The Kier molecular flexibility index (Phi) is 6.12. The van der Waals surface area contributed by atoms with Crippen molar-refractivity contribution in [1.82, 2.24) is 14.7 Å². The Balaban J connectivity index is 1.14. The molecule has 1 saturated heterocycles. The minimum atomic E-state index is -2.17. The molecule has 1 aromatic heterocycles. The number of aromatic nitrogens is 2. The summed E-state index contributed by atoms with van der Waals surface area (Å²) in [5.41, 5.74) is 3.16. The van der Waals surface area contributed by atoms with E-state index < -0.39 is 34.0 Å². The largest absolute Gasteiger partial charge is 0.365 e. The number of hydrogen-bond acceptors (Lipinski definition) is 6. The number of anilines is 2.